The van der Waals surface area contributed by atoms with Crippen molar-refractivity contribution in [2.45, 2.75) is 13.8 Å². The normalized spacial score (nSPS) is 11.4. The van der Waals surface area contributed by atoms with Crippen LogP contribution in [0.25, 0.3) is 0 Å². The molecule has 0 atom stereocenters. The van der Waals surface area contributed by atoms with Crippen molar-refractivity contribution in [1.29, 1.82) is 0 Å². The van der Waals surface area contributed by atoms with Gasteiger partial charge in [-0.05, 0) is 19.9 Å². The third-order valence-corrected chi connectivity index (χ3v) is 1.77. The Bertz CT molecular complexity index is 152. The van der Waals surface area contributed by atoms with E-state index in [1.54, 1.807) is 0 Å². The lowest BCUT2D eigenvalue weighted by Gasteiger charge is -2.15. The summed E-state index contributed by atoms with van der Waals surface area (Å²) >= 11 is 9.03. The standard InChI is InChI=1S/C7H13NS2/c1-6(4-7(2)10)8(3)5-9/h4,9H,5H2,1-3H3/b6-4-. The second kappa shape index (κ2) is 4.74. The van der Waals surface area contributed by atoms with Gasteiger partial charge < -0.3 is 4.90 Å². The van der Waals surface area contributed by atoms with Gasteiger partial charge >= 0.3 is 0 Å². The van der Waals surface area contributed by atoms with E-state index in [1.165, 1.54) is 0 Å². The number of thiol groups is 1. The quantitative estimate of drug-likeness (QED) is 0.303. The van der Waals surface area contributed by atoms with Crippen molar-refractivity contribution in [2.24, 2.45) is 0 Å². The first-order chi connectivity index (χ1) is 4.57. The van der Waals surface area contributed by atoms with Crippen molar-refractivity contribution in [3.8, 4) is 0 Å². The lowest BCUT2D eigenvalue weighted by Crippen LogP contribution is -2.13. The predicted octanol–water partition coefficient (Wildman–Crippen LogP) is 2.10. The van der Waals surface area contributed by atoms with E-state index >= 15 is 0 Å². The number of allylic oxidation sites excluding steroid dienone is 2. The summed E-state index contributed by atoms with van der Waals surface area (Å²) in [5, 5.41) is 0. The molecular weight excluding hydrogens is 162 g/mol. The average Bonchev–Trinajstić information content (AvgIpc) is 1.85. The van der Waals surface area contributed by atoms with Crippen LogP contribution < -0.4 is 0 Å². The van der Waals surface area contributed by atoms with E-state index in [0.717, 1.165) is 16.4 Å². The summed E-state index contributed by atoms with van der Waals surface area (Å²) < 4.78 is 0. The molecule has 0 unspecified atom stereocenters. The fourth-order valence-electron chi connectivity index (χ4n) is 0.516. The molecule has 0 saturated carbocycles. The van der Waals surface area contributed by atoms with Crippen LogP contribution in [0.5, 0.6) is 0 Å². The molecule has 0 N–H and O–H groups in total. The van der Waals surface area contributed by atoms with Gasteiger partial charge in [-0.2, -0.15) is 12.6 Å². The highest BCUT2D eigenvalue weighted by Crippen LogP contribution is 2.00. The van der Waals surface area contributed by atoms with Gasteiger partial charge in [0, 0.05) is 17.6 Å². The van der Waals surface area contributed by atoms with Crippen LogP contribution in [0, 0.1) is 0 Å². The van der Waals surface area contributed by atoms with Crippen LogP contribution in [0.3, 0.4) is 0 Å². The van der Waals surface area contributed by atoms with Crippen LogP contribution in [-0.2, 0) is 0 Å². The third kappa shape index (κ3) is 3.90. The number of rotatable bonds is 3. The molecule has 1 nitrogen and oxygen atoms in total. The van der Waals surface area contributed by atoms with E-state index < -0.39 is 0 Å². The lowest BCUT2D eigenvalue weighted by atomic mass is 10.3. The van der Waals surface area contributed by atoms with Crippen LogP contribution in [0.2, 0.25) is 0 Å². The molecule has 0 saturated heterocycles. The van der Waals surface area contributed by atoms with Crippen molar-refractivity contribution < 1.29 is 0 Å². The largest absolute Gasteiger partial charge is 0.369 e. The highest BCUT2D eigenvalue weighted by atomic mass is 32.1. The van der Waals surface area contributed by atoms with Crippen molar-refractivity contribution in [2.75, 3.05) is 12.9 Å². The van der Waals surface area contributed by atoms with Gasteiger partial charge in [0.2, 0.25) is 0 Å². The van der Waals surface area contributed by atoms with Crippen LogP contribution in [0.4, 0.5) is 0 Å². The van der Waals surface area contributed by atoms with Gasteiger partial charge in [0.25, 0.3) is 0 Å². The summed E-state index contributed by atoms with van der Waals surface area (Å²) in [6.45, 7) is 3.93. The van der Waals surface area contributed by atoms with Crippen molar-refractivity contribution in [3.63, 3.8) is 0 Å². The zero-order valence-electron chi connectivity index (χ0n) is 6.59. The molecule has 3 heteroatoms. The van der Waals surface area contributed by atoms with Crippen molar-refractivity contribution >= 4 is 29.7 Å². The highest BCUT2D eigenvalue weighted by molar-refractivity contribution is 7.80. The zero-order valence-corrected chi connectivity index (χ0v) is 8.30. The van der Waals surface area contributed by atoms with E-state index in [9.17, 15) is 0 Å². The molecule has 0 fully saturated rings. The molecule has 0 bridgehead atoms. The van der Waals surface area contributed by atoms with Crippen LogP contribution in [0.1, 0.15) is 13.8 Å². The maximum Gasteiger partial charge on any atom is 0.0603 e. The van der Waals surface area contributed by atoms with Gasteiger partial charge in [-0.15, -0.1) is 0 Å². The van der Waals surface area contributed by atoms with Crippen molar-refractivity contribution in [1.82, 2.24) is 4.90 Å². The predicted molar refractivity (Wildman–Crippen MR) is 53.6 cm³/mol. The molecule has 0 heterocycles. The Labute approximate surface area is 73.5 Å². The maximum absolute atomic E-state index is 4.91. The zero-order chi connectivity index (χ0) is 8.15. The molecule has 0 aromatic carbocycles. The molecule has 0 spiro atoms. The molecule has 10 heavy (non-hydrogen) atoms. The van der Waals surface area contributed by atoms with Gasteiger partial charge in [0.1, 0.15) is 0 Å². The summed E-state index contributed by atoms with van der Waals surface area (Å²) in [7, 11) is 1.98. The van der Waals surface area contributed by atoms with Gasteiger partial charge in [-0.1, -0.05) is 12.2 Å². The Morgan fingerprint density at radius 3 is 2.40 bits per heavy atom. The first kappa shape index (κ1) is 9.98. The molecule has 0 radical (unpaired) electrons. The molecule has 0 amide bonds. The molecule has 0 aliphatic rings. The number of hydrogen-bond donors (Lipinski definition) is 1. The first-order valence-electron chi connectivity index (χ1n) is 3.08. The fraction of sp³-hybridized carbons (Fsp3) is 0.571. The van der Waals surface area contributed by atoms with E-state index in [2.05, 4.69) is 12.6 Å². The SMILES string of the molecule is CC(=S)/C=C(/C)N(C)CS. The minimum absolute atomic E-state index is 0.727. The molecule has 0 aliphatic carbocycles. The monoisotopic (exact) mass is 175 g/mol. The van der Waals surface area contributed by atoms with Gasteiger partial charge in [0.15, 0.2) is 0 Å². The lowest BCUT2D eigenvalue weighted by molar-refractivity contribution is 0.497. The smallest absolute Gasteiger partial charge is 0.0603 e. The number of nitrogens with zero attached hydrogens (tertiary/aromatic N) is 1. The number of hydrogen-bond acceptors (Lipinski definition) is 3. The summed E-state index contributed by atoms with van der Waals surface area (Å²) in [6, 6.07) is 0. The van der Waals surface area contributed by atoms with Gasteiger partial charge in [-0.25, -0.2) is 0 Å². The summed E-state index contributed by atoms with van der Waals surface area (Å²) in [5.41, 5.74) is 1.16. The topological polar surface area (TPSA) is 3.24 Å². The molecule has 0 aromatic rings. The van der Waals surface area contributed by atoms with E-state index in [1.807, 2.05) is 31.9 Å². The molecular formula is C7H13NS2. The van der Waals surface area contributed by atoms with Gasteiger partial charge in [0.05, 0.1) is 5.88 Å². The van der Waals surface area contributed by atoms with Crippen LogP contribution in [-0.4, -0.2) is 22.7 Å². The molecule has 0 aliphatic heterocycles. The first-order valence-corrected chi connectivity index (χ1v) is 4.13. The summed E-state index contributed by atoms with van der Waals surface area (Å²) in [4.78, 5) is 2.94. The number of thiocarbonyl (C=S) groups is 1. The minimum atomic E-state index is 0.727. The van der Waals surface area contributed by atoms with E-state index in [4.69, 9.17) is 12.2 Å². The van der Waals surface area contributed by atoms with E-state index in [0.29, 0.717) is 0 Å². The Morgan fingerprint density at radius 1 is 1.60 bits per heavy atom. The Hall–Kier alpha value is -0.0200. The second-order valence-corrected chi connectivity index (χ2v) is 3.16. The Balaban J connectivity index is 4.04. The van der Waals surface area contributed by atoms with Crippen LogP contribution >= 0.6 is 24.8 Å². The molecule has 0 aromatic heterocycles. The average molecular weight is 175 g/mol. The maximum atomic E-state index is 4.91. The molecule has 58 valence electrons. The van der Waals surface area contributed by atoms with E-state index in [-0.39, 0.29) is 0 Å². The van der Waals surface area contributed by atoms with Gasteiger partial charge in [-0.3, -0.25) is 0 Å². The molecule has 0 rings (SSSR count). The second-order valence-electron chi connectivity index (χ2n) is 2.24. The third-order valence-electron chi connectivity index (χ3n) is 1.23. The minimum Gasteiger partial charge on any atom is -0.369 e. The fourth-order valence-corrected chi connectivity index (χ4v) is 0.910. The van der Waals surface area contributed by atoms with Crippen molar-refractivity contribution in [3.05, 3.63) is 11.8 Å². The summed E-state index contributed by atoms with van der Waals surface area (Å²) in [5.74, 6) is 0.727. The Morgan fingerprint density at radius 2 is 2.10 bits per heavy atom. The summed E-state index contributed by atoms with van der Waals surface area (Å²) in [6.07, 6.45) is 1.96. The van der Waals surface area contributed by atoms with Crippen LogP contribution in [0.15, 0.2) is 11.8 Å². The Kier molecular flexibility index (Phi) is 4.73. The highest BCUT2D eigenvalue weighted by Gasteiger charge is 1.93.